The topological polar surface area (TPSA) is 136 Å². The molecule has 2 amide bonds. The molecule has 154 valence electrons. The van der Waals surface area contributed by atoms with Gasteiger partial charge in [-0.25, -0.2) is 9.37 Å². The average Bonchev–Trinajstić information content (AvgIpc) is 3.53. The van der Waals surface area contributed by atoms with Crippen molar-refractivity contribution in [3.63, 3.8) is 0 Å². The Morgan fingerprint density at radius 3 is 2.63 bits per heavy atom. The number of aromatic nitrogens is 2. The minimum atomic E-state index is -0.839. The van der Waals surface area contributed by atoms with Crippen LogP contribution >= 0.6 is 0 Å². The Balaban J connectivity index is 1.66. The number of fused-ring (bicyclic) bond motifs is 1. The van der Waals surface area contributed by atoms with Gasteiger partial charge in [0.05, 0.1) is 23.0 Å². The van der Waals surface area contributed by atoms with Crippen molar-refractivity contribution < 1.29 is 14.0 Å². The Morgan fingerprint density at radius 1 is 1.17 bits per heavy atom. The lowest BCUT2D eigenvalue weighted by Gasteiger charge is -2.18. The number of halogens is 1. The van der Waals surface area contributed by atoms with Crippen LogP contribution in [0.1, 0.15) is 29.6 Å². The summed E-state index contributed by atoms with van der Waals surface area (Å²) in [4.78, 5) is 32.1. The summed E-state index contributed by atoms with van der Waals surface area (Å²) < 4.78 is 14.6. The van der Waals surface area contributed by atoms with Crippen LogP contribution in [0.5, 0.6) is 0 Å². The first-order chi connectivity index (χ1) is 14.4. The molecule has 9 heteroatoms. The number of rotatable bonds is 8. The van der Waals surface area contributed by atoms with E-state index in [0.29, 0.717) is 18.0 Å². The van der Waals surface area contributed by atoms with E-state index < -0.39 is 23.7 Å². The van der Waals surface area contributed by atoms with E-state index in [4.69, 9.17) is 11.5 Å². The van der Waals surface area contributed by atoms with Crippen LogP contribution in [-0.2, 0) is 4.79 Å². The lowest BCUT2D eigenvalue weighted by Crippen LogP contribution is -2.36. The fraction of sp³-hybridized carbons (Fsp3) is 0.238. The molecule has 3 aromatic rings. The van der Waals surface area contributed by atoms with Gasteiger partial charge in [0.1, 0.15) is 11.9 Å². The molecular weight excluding hydrogens is 387 g/mol. The van der Waals surface area contributed by atoms with Gasteiger partial charge in [0, 0.05) is 5.39 Å². The zero-order valence-corrected chi connectivity index (χ0v) is 16.1. The first kappa shape index (κ1) is 19.6. The first-order valence-electron chi connectivity index (χ1n) is 9.58. The molecule has 0 bridgehead atoms. The molecular formula is C21H21FN6O2. The van der Waals surface area contributed by atoms with Crippen molar-refractivity contribution in [1.82, 2.24) is 9.97 Å². The van der Waals surface area contributed by atoms with E-state index >= 15 is 0 Å². The molecule has 0 saturated heterocycles. The van der Waals surface area contributed by atoms with Crippen LogP contribution in [-0.4, -0.2) is 27.8 Å². The molecule has 30 heavy (non-hydrogen) atoms. The first-order valence-corrected chi connectivity index (χ1v) is 9.58. The highest BCUT2D eigenvalue weighted by atomic mass is 19.1. The van der Waals surface area contributed by atoms with Gasteiger partial charge in [-0.15, -0.1) is 0 Å². The number of para-hydroxylation sites is 1. The number of nitrogens with zero attached hydrogens (tertiary/aromatic N) is 2. The third-order valence-electron chi connectivity index (χ3n) is 5.02. The summed E-state index contributed by atoms with van der Waals surface area (Å²) >= 11 is 0. The molecule has 0 radical (unpaired) electrons. The van der Waals surface area contributed by atoms with E-state index in [1.165, 1.54) is 0 Å². The molecule has 1 aromatic carbocycles. The molecule has 2 aromatic heterocycles. The van der Waals surface area contributed by atoms with E-state index in [0.717, 1.165) is 29.8 Å². The van der Waals surface area contributed by atoms with Crippen LogP contribution in [0.4, 0.5) is 21.7 Å². The Hall–Kier alpha value is -3.75. The quantitative estimate of drug-likeness (QED) is 0.452. The highest BCUT2D eigenvalue weighted by Gasteiger charge is 2.29. The van der Waals surface area contributed by atoms with Crippen molar-refractivity contribution in [2.24, 2.45) is 17.4 Å². The van der Waals surface area contributed by atoms with Gasteiger partial charge in [-0.3, -0.25) is 14.6 Å². The number of nitrogens with two attached hydrogens (primary N) is 2. The average molecular weight is 408 g/mol. The smallest absolute Gasteiger partial charge is 0.252 e. The van der Waals surface area contributed by atoms with Gasteiger partial charge in [0.2, 0.25) is 5.91 Å². The van der Waals surface area contributed by atoms with Crippen molar-refractivity contribution in [2.45, 2.75) is 25.3 Å². The molecule has 2 heterocycles. The number of amides is 2. The van der Waals surface area contributed by atoms with Gasteiger partial charge < -0.3 is 22.1 Å². The van der Waals surface area contributed by atoms with Gasteiger partial charge in [-0.1, -0.05) is 31.0 Å². The van der Waals surface area contributed by atoms with Crippen molar-refractivity contribution in [1.29, 1.82) is 0 Å². The number of primary amides is 2. The van der Waals surface area contributed by atoms with Gasteiger partial charge in [-0.2, -0.15) is 0 Å². The van der Waals surface area contributed by atoms with Crippen LogP contribution in [0, 0.1) is 11.7 Å². The van der Waals surface area contributed by atoms with Gasteiger partial charge in [0.25, 0.3) is 5.91 Å². The fourth-order valence-electron chi connectivity index (χ4n) is 3.25. The number of hydrogen-bond donors (Lipinski definition) is 4. The largest absolute Gasteiger partial charge is 0.368 e. The number of anilines is 3. The van der Waals surface area contributed by atoms with Crippen LogP contribution in [0.2, 0.25) is 0 Å². The molecule has 4 rings (SSSR count). The van der Waals surface area contributed by atoms with Crippen molar-refractivity contribution >= 4 is 40.0 Å². The van der Waals surface area contributed by atoms with Gasteiger partial charge in [-0.05, 0) is 30.5 Å². The molecule has 1 aliphatic rings. The van der Waals surface area contributed by atoms with E-state index in [2.05, 4.69) is 20.6 Å². The summed E-state index contributed by atoms with van der Waals surface area (Å²) in [6, 6.07) is 9.58. The molecule has 0 aliphatic heterocycles. The van der Waals surface area contributed by atoms with E-state index in [1.807, 2.05) is 30.3 Å². The third kappa shape index (κ3) is 4.29. The van der Waals surface area contributed by atoms with E-state index in [-0.39, 0.29) is 17.2 Å². The van der Waals surface area contributed by atoms with E-state index in [9.17, 15) is 14.0 Å². The normalized spacial score (nSPS) is 14.3. The number of carbonyl (C=O) groups excluding carboxylic acids is 2. The molecule has 0 unspecified atom stereocenters. The van der Waals surface area contributed by atoms with Gasteiger partial charge in [0.15, 0.2) is 11.6 Å². The van der Waals surface area contributed by atoms with Crippen LogP contribution < -0.4 is 22.1 Å². The zero-order valence-electron chi connectivity index (χ0n) is 16.1. The summed E-state index contributed by atoms with van der Waals surface area (Å²) in [6.07, 6.45) is 4.11. The molecule has 0 spiro atoms. The highest BCUT2D eigenvalue weighted by Crippen LogP contribution is 2.34. The predicted octanol–water partition coefficient (Wildman–Crippen LogP) is 2.68. The molecule has 1 saturated carbocycles. The maximum atomic E-state index is 14.6. The van der Waals surface area contributed by atoms with E-state index in [1.54, 1.807) is 6.20 Å². The number of hydrogen-bond acceptors (Lipinski definition) is 6. The standard InChI is InChI=1S/C21H21FN6O2/c22-15-9-14(18(23)29)20(26-13-8-12-3-1-2-4-16(12)25-10-13)28-21(15)27-17(19(24)30)7-11-5-6-11/h1-4,8-11,17H,5-7H2,(H2,23,29)(H2,24,30)(H2,26,27,28)/t17-/m1/s1. The van der Waals surface area contributed by atoms with Crippen LogP contribution in [0.3, 0.4) is 0 Å². The summed E-state index contributed by atoms with van der Waals surface area (Å²) in [5, 5.41) is 6.62. The molecule has 1 atom stereocenters. The fourth-order valence-corrected chi connectivity index (χ4v) is 3.25. The molecule has 6 N–H and O–H groups in total. The maximum absolute atomic E-state index is 14.6. The third-order valence-corrected chi connectivity index (χ3v) is 5.02. The Labute approximate surface area is 171 Å². The second kappa shape index (κ2) is 7.94. The minimum Gasteiger partial charge on any atom is -0.368 e. The van der Waals surface area contributed by atoms with Crippen molar-refractivity contribution in [2.75, 3.05) is 10.6 Å². The molecule has 1 fully saturated rings. The molecule has 8 nitrogen and oxygen atoms in total. The predicted molar refractivity (Wildman–Crippen MR) is 112 cm³/mol. The number of benzene rings is 1. The number of pyridine rings is 2. The van der Waals surface area contributed by atoms with Crippen molar-refractivity contribution in [3.05, 3.63) is 54.0 Å². The number of nitrogens with one attached hydrogen (secondary N) is 2. The Kier molecular flexibility index (Phi) is 5.18. The Bertz CT molecular complexity index is 1130. The maximum Gasteiger partial charge on any atom is 0.252 e. The lowest BCUT2D eigenvalue weighted by atomic mass is 10.1. The SMILES string of the molecule is NC(=O)c1cc(F)c(N[C@H](CC2CC2)C(N)=O)nc1Nc1cnc2ccccc2c1. The summed E-state index contributed by atoms with van der Waals surface area (Å²) in [5.41, 5.74) is 12.1. The van der Waals surface area contributed by atoms with Crippen LogP contribution in [0.15, 0.2) is 42.6 Å². The molecule has 1 aliphatic carbocycles. The van der Waals surface area contributed by atoms with Gasteiger partial charge >= 0.3 is 0 Å². The number of carbonyl (C=O) groups is 2. The lowest BCUT2D eigenvalue weighted by molar-refractivity contribution is -0.118. The monoisotopic (exact) mass is 408 g/mol. The zero-order chi connectivity index (χ0) is 21.3. The highest BCUT2D eigenvalue weighted by molar-refractivity contribution is 5.99. The summed E-state index contributed by atoms with van der Waals surface area (Å²) in [5.74, 6) is -1.96. The second-order valence-corrected chi connectivity index (χ2v) is 7.40. The van der Waals surface area contributed by atoms with Crippen molar-refractivity contribution in [3.8, 4) is 0 Å². The minimum absolute atomic E-state index is 0.0538. The summed E-state index contributed by atoms with van der Waals surface area (Å²) in [7, 11) is 0. The Morgan fingerprint density at radius 2 is 1.93 bits per heavy atom. The van der Waals surface area contributed by atoms with Crippen LogP contribution in [0.25, 0.3) is 10.9 Å². The second-order valence-electron chi connectivity index (χ2n) is 7.40. The summed E-state index contributed by atoms with van der Waals surface area (Å²) in [6.45, 7) is 0.